The highest BCUT2D eigenvalue weighted by molar-refractivity contribution is 9.10. The number of hydrogen-bond donors (Lipinski definition) is 0. The zero-order chi connectivity index (χ0) is 34.0. The molecule has 1 aliphatic heterocycles. The number of hydrogen-bond acceptors (Lipinski definition) is 2. The maximum atomic E-state index is 6.62. The van der Waals surface area contributed by atoms with Gasteiger partial charge in [0.05, 0.1) is 11.2 Å². The molecule has 0 aromatic heterocycles. The van der Waals surface area contributed by atoms with E-state index in [4.69, 9.17) is 9.31 Å². The van der Waals surface area contributed by atoms with Gasteiger partial charge in [0.2, 0.25) is 0 Å². The lowest BCUT2D eigenvalue weighted by Crippen LogP contribution is -2.41. The van der Waals surface area contributed by atoms with Crippen LogP contribution in [0.1, 0.15) is 117 Å². The Hall–Kier alpha value is -2.66. The zero-order valence-electron chi connectivity index (χ0n) is 30.1. The third kappa shape index (κ3) is 9.52. The van der Waals surface area contributed by atoms with E-state index in [0.29, 0.717) is 0 Å². The van der Waals surface area contributed by atoms with E-state index in [9.17, 15) is 0 Å². The SMILES string of the molecule is CCCCCCCCCCCCCCc1ccc(-c2ccc(-c3ccc(-c4ccccc4Br)cc3)cc2B2OC(C)(C)C(C)(C)O2)cc1. The molecule has 4 aromatic rings. The van der Waals surface area contributed by atoms with Gasteiger partial charge in [-0.05, 0) is 91.0 Å². The smallest absolute Gasteiger partial charge is 0.399 e. The summed E-state index contributed by atoms with van der Waals surface area (Å²) >= 11 is 3.70. The molecule has 1 heterocycles. The lowest BCUT2D eigenvalue weighted by Gasteiger charge is -2.32. The standard InChI is InChI=1S/C44H56BBrO2/c1-6-7-8-9-10-11-12-13-14-15-16-17-20-34-23-25-36(26-24-34)39-32-31-38(33-41(39)45-47-43(2,3)44(4,5)48-45)35-27-29-37(30-28-35)40-21-18-19-22-42(40)46/h18-19,21-33H,6-17,20H2,1-5H3. The van der Waals surface area contributed by atoms with Gasteiger partial charge in [-0.2, -0.15) is 0 Å². The van der Waals surface area contributed by atoms with E-state index in [2.05, 4.69) is 135 Å². The van der Waals surface area contributed by atoms with Crippen LogP contribution in [-0.2, 0) is 15.7 Å². The predicted octanol–water partition coefficient (Wildman–Crippen LogP) is 13.0. The minimum absolute atomic E-state index is 0.409. The van der Waals surface area contributed by atoms with E-state index in [1.165, 1.54) is 110 Å². The fourth-order valence-corrected chi connectivity index (χ4v) is 7.24. The fourth-order valence-electron chi connectivity index (χ4n) is 6.73. The number of aryl methyl sites for hydroxylation is 1. The first kappa shape index (κ1) is 36.6. The summed E-state index contributed by atoms with van der Waals surface area (Å²) in [5.74, 6) is 0. The summed E-state index contributed by atoms with van der Waals surface area (Å²) in [4.78, 5) is 0. The monoisotopic (exact) mass is 706 g/mol. The highest BCUT2D eigenvalue weighted by Gasteiger charge is 2.52. The quantitative estimate of drug-likeness (QED) is 0.0803. The first-order valence-electron chi connectivity index (χ1n) is 18.6. The van der Waals surface area contributed by atoms with E-state index in [0.717, 1.165) is 21.9 Å². The van der Waals surface area contributed by atoms with E-state index >= 15 is 0 Å². The molecule has 1 fully saturated rings. The molecule has 2 nitrogen and oxygen atoms in total. The first-order chi connectivity index (χ1) is 23.2. The summed E-state index contributed by atoms with van der Waals surface area (Å²) in [6.45, 7) is 10.8. The van der Waals surface area contributed by atoms with Gasteiger partial charge in [0, 0.05) is 4.47 Å². The maximum absolute atomic E-state index is 6.62. The number of halogens is 1. The average Bonchev–Trinajstić information content (AvgIpc) is 3.31. The Morgan fingerprint density at radius 1 is 0.521 bits per heavy atom. The molecule has 4 heteroatoms. The second-order valence-corrected chi connectivity index (χ2v) is 15.6. The fraction of sp³-hybridized carbons (Fsp3) is 0.455. The Kier molecular flexibility index (Phi) is 13.2. The van der Waals surface area contributed by atoms with Crippen LogP contribution in [0.2, 0.25) is 0 Å². The first-order valence-corrected chi connectivity index (χ1v) is 19.4. The van der Waals surface area contributed by atoms with Crippen LogP contribution in [0.4, 0.5) is 0 Å². The van der Waals surface area contributed by atoms with Crippen LogP contribution in [0, 0.1) is 0 Å². The normalized spacial score (nSPS) is 15.2. The summed E-state index contributed by atoms with van der Waals surface area (Å²) in [5.41, 5.74) is 8.77. The van der Waals surface area contributed by atoms with E-state index < -0.39 is 18.3 Å². The lowest BCUT2D eigenvalue weighted by atomic mass is 9.73. The summed E-state index contributed by atoms with van der Waals surface area (Å²) < 4.78 is 14.3. The second-order valence-electron chi connectivity index (χ2n) is 14.8. The Bertz CT molecular complexity index is 1560. The van der Waals surface area contributed by atoms with Crippen molar-refractivity contribution in [1.82, 2.24) is 0 Å². The molecule has 0 N–H and O–H groups in total. The molecular formula is C44H56BBrO2. The highest BCUT2D eigenvalue weighted by atomic mass is 79.9. The van der Waals surface area contributed by atoms with Gasteiger partial charge in [-0.1, -0.05) is 178 Å². The van der Waals surface area contributed by atoms with Crippen molar-refractivity contribution in [2.75, 3.05) is 0 Å². The number of rotatable bonds is 17. The van der Waals surface area contributed by atoms with Crippen molar-refractivity contribution in [2.24, 2.45) is 0 Å². The van der Waals surface area contributed by atoms with Crippen LogP contribution in [0.3, 0.4) is 0 Å². The van der Waals surface area contributed by atoms with E-state index in [1.807, 2.05) is 6.07 Å². The van der Waals surface area contributed by atoms with Crippen molar-refractivity contribution in [3.8, 4) is 33.4 Å². The van der Waals surface area contributed by atoms with Crippen LogP contribution in [0.25, 0.3) is 33.4 Å². The molecule has 1 aliphatic rings. The summed E-state index contributed by atoms with van der Waals surface area (Å²) in [7, 11) is -0.440. The Morgan fingerprint density at radius 2 is 1.00 bits per heavy atom. The Balaban J connectivity index is 1.24. The van der Waals surface area contributed by atoms with Gasteiger partial charge in [-0.25, -0.2) is 0 Å². The minimum Gasteiger partial charge on any atom is -0.399 e. The highest BCUT2D eigenvalue weighted by Crippen LogP contribution is 2.38. The molecule has 0 atom stereocenters. The Morgan fingerprint density at radius 3 is 1.58 bits per heavy atom. The molecule has 0 unspecified atom stereocenters. The predicted molar refractivity (Wildman–Crippen MR) is 211 cm³/mol. The third-order valence-electron chi connectivity index (χ3n) is 10.5. The van der Waals surface area contributed by atoms with E-state index in [-0.39, 0.29) is 0 Å². The summed E-state index contributed by atoms with van der Waals surface area (Å²) in [5, 5.41) is 0. The molecule has 0 radical (unpaired) electrons. The van der Waals surface area contributed by atoms with Crippen LogP contribution < -0.4 is 5.46 Å². The zero-order valence-corrected chi connectivity index (χ0v) is 31.7. The number of benzene rings is 4. The molecule has 0 spiro atoms. The largest absolute Gasteiger partial charge is 0.495 e. The van der Waals surface area contributed by atoms with Crippen molar-refractivity contribution in [2.45, 2.75) is 129 Å². The third-order valence-corrected chi connectivity index (χ3v) is 11.2. The van der Waals surface area contributed by atoms with Crippen molar-refractivity contribution >= 4 is 28.5 Å². The van der Waals surface area contributed by atoms with Crippen molar-refractivity contribution in [1.29, 1.82) is 0 Å². The molecular weight excluding hydrogens is 651 g/mol. The van der Waals surface area contributed by atoms with Gasteiger partial charge < -0.3 is 9.31 Å². The summed E-state index contributed by atoms with van der Waals surface area (Å²) in [6, 6.07) is 33.1. The molecule has 48 heavy (non-hydrogen) atoms. The molecule has 4 aromatic carbocycles. The van der Waals surface area contributed by atoms with Crippen molar-refractivity contribution in [3.05, 3.63) is 101 Å². The molecule has 1 saturated heterocycles. The van der Waals surface area contributed by atoms with Gasteiger partial charge in [0.25, 0.3) is 0 Å². The Labute approximate surface area is 300 Å². The number of unbranched alkanes of at least 4 members (excludes halogenated alkanes) is 11. The van der Waals surface area contributed by atoms with Crippen molar-refractivity contribution in [3.63, 3.8) is 0 Å². The molecule has 0 bridgehead atoms. The van der Waals surface area contributed by atoms with Gasteiger partial charge in [0.15, 0.2) is 0 Å². The van der Waals surface area contributed by atoms with Crippen LogP contribution >= 0.6 is 15.9 Å². The average molecular weight is 708 g/mol. The molecule has 0 aliphatic carbocycles. The topological polar surface area (TPSA) is 18.5 Å². The van der Waals surface area contributed by atoms with Crippen LogP contribution in [0.5, 0.6) is 0 Å². The lowest BCUT2D eigenvalue weighted by molar-refractivity contribution is 0.00578. The molecule has 0 saturated carbocycles. The van der Waals surface area contributed by atoms with Crippen molar-refractivity contribution < 1.29 is 9.31 Å². The maximum Gasteiger partial charge on any atom is 0.495 e. The van der Waals surface area contributed by atoms with E-state index in [1.54, 1.807) is 0 Å². The molecule has 254 valence electrons. The molecule has 5 rings (SSSR count). The van der Waals surface area contributed by atoms with Crippen LogP contribution in [-0.4, -0.2) is 18.3 Å². The molecule has 0 amide bonds. The van der Waals surface area contributed by atoms with Gasteiger partial charge in [0.1, 0.15) is 0 Å². The van der Waals surface area contributed by atoms with Gasteiger partial charge in [-0.15, -0.1) is 0 Å². The second kappa shape index (κ2) is 17.3. The van der Waals surface area contributed by atoms with Gasteiger partial charge >= 0.3 is 7.12 Å². The minimum atomic E-state index is -0.440. The summed E-state index contributed by atoms with van der Waals surface area (Å²) in [6.07, 6.45) is 17.8. The van der Waals surface area contributed by atoms with Crippen LogP contribution in [0.15, 0.2) is 95.5 Å². The van der Waals surface area contributed by atoms with Gasteiger partial charge in [-0.3, -0.25) is 0 Å².